The van der Waals surface area contributed by atoms with E-state index < -0.39 is 10.0 Å². The molecule has 0 saturated heterocycles. The average Bonchev–Trinajstić information content (AvgIpc) is 2.37. The van der Waals surface area contributed by atoms with Gasteiger partial charge in [-0.15, -0.1) is 0 Å². The van der Waals surface area contributed by atoms with Crippen molar-refractivity contribution < 1.29 is 8.42 Å². The fourth-order valence-corrected chi connectivity index (χ4v) is 4.73. The standard InChI is InChI=1S/C14H21Br2NO2S/c1-3-4-5-6-7-11(2)17-20(18,19)14-10-12(15)8-9-13(14)16/h8-11,17H,3-7H2,1-2H3. The van der Waals surface area contributed by atoms with Gasteiger partial charge in [-0.3, -0.25) is 0 Å². The number of rotatable bonds is 8. The Morgan fingerprint density at radius 1 is 1.20 bits per heavy atom. The molecule has 0 aliphatic carbocycles. The van der Waals surface area contributed by atoms with Gasteiger partial charge < -0.3 is 0 Å². The maximum absolute atomic E-state index is 12.3. The molecule has 0 fully saturated rings. The highest BCUT2D eigenvalue weighted by Crippen LogP contribution is 2.26. The molecule has 1 atom stereocenters. The van der Waals surface area contributed by atoms with Crippen molar-refractivity contribution in [1.29, 1.82) is 0 Å². The molecule has 0 amide bonds. The summed E-state index contributed by atoms with van der Waals surface area (Å²) < 4.78 is 28.7. The topological polar surface area (TPSA) is 46.2 Å². The van der Waals surface area contributed by atoms with Gasteiger partial charge in [0.2, 0.25) is 10.0 Å². The number of sulfonamides is 1. The SMILES string of the molecule is CCCCCCC(C)NS(=O)(=O)c1cc(Br)ccc1Br. The number of hydrogen-bond donors (Lipinski definition) is 1. The summed E-state index contributed by atoms with van der Waals surface area (Å²) in [5.74, 6) is 0. The van der Waals surface area contributed by atoms with Gasteiger partial charge in [-0.2, -0.15) is 0 Å². The molecule has 114 valence electrons. The maximum atomic E-state index is 12.3. The van der Waals surface area contributed by atoms with Gasteiger partial charge >= 0.3 is 0 Å². The first-order valence-corrected chi connectivity index (χ1v) is 9.91. The Kier molecular flexibility index (Phi) is 7.72. The molecule has 0 aliphatic rings. The molecule has 0 bridgehead atoms. The lowest BCUT2D eigenvalue weighted by molar-refractivity contribution is 0.521. The first kappa shape index (κ1) is 18.1. The molecule has 0 aliphatic heterocycles. The zero-order chi connectivity index (χ0) is 15.2. The van der Waals surface area contributed by atoms with Gasteiger partial charge in [-0.05, 0) is 47.5 Å². The van der Waals surface area contributed by atoms with Crippen LogP contribution in [0.5, 0.6) is 0 Å². The predicted octanol–water partition coefficient (Wildman–Crippen LogP) is 4.85. The third kappa shape index (κ3) is 5.84. The first-order valence-electron chi connectivity index (χ1n) is 6.84. The molecule has 3 nitrogen and oxygen atoms in total. The molecule has 20 heavy (non-hydrogen) atoms. The van der Waals surface area contributed by atoms with E-state index in [9.17, 15) is 8.42 Å². The van der Waals surface area contributed by atoms with Crippen molar-refractivity contribution in [2.45, 2.75) is 56.9 Å². The highest BCUT2D eigenvalue weighted by atomic mass is 79.9. The maximum Gasteiger partial charge on any atom is 0.241 e. The summed E-state index contributed by atoms with van der Waals surface area (Å²) in [4.78, 5) is 0.271. The number of hydrogen-bond acceptors (Lipinski definition) is 2. The van der Waals surface area contributed by atoms with Gasteiger partial charge in [-0.1, -0.05) is 48.5 Å². The van der Waals surface area contributed by atoms with Crippen LogP contribution in [0.3, 0.4) is 0 Å². The van der Waals surface area contributed by atoms with E-state index in [1.165, 1.54) is 12.8 Å². The minimum atomic E-state index is -3.48. The van der Waals surface area contributed by atoms with Crippen molar-refractivity contribution in [1.82, 2.24) is 4.72 Å². The average molecular weight is 427 g/mol. The summed E-state index contributed by atoms with van der Waals surface area (Å²) in [5.41, 5.74) is 0. The van der Waals surface area contributed by atoms with Crippen LogP contribution in [0.25, 0.3) is 0 Å². The van der Waals surface area contributed by atoms with Crippen molar-refractivity contribution in [2.75, 3.05) is 0 Å². The fraction of sp³-hybridized carbons (Fsp3) is 0.571. The Labute approximate surface area is 138 Å². The van der Waals surface area contributed by atoms with Crippen molar-refractivity contribution in [3.63, 3.8) is 0 Å². The Balaban J connectivity index is 2.67. The van der Waals surface area contributed by atoms with E-state index in [1.54, 1.807) is 18.2 Å². The summed E-state index contributed by atoms with van der Waals surface area (Å²) in [5, 5.41) is 0. The quantitative estimate of drug-likeness (QED) is 0.604. The van der Waals surface area contributed by atoms with Gasteiger partial charge in [-0.25, -0.2) is 13.1 Å². The Bertz CT molecular complexity index is 532. The van der Waals surface area contributed by atoms with E-state index >= 15 is 0 Å². The molecular weight excluding hydrogens is 406 g/mol. The lowest BCUT2D eigenvalue weighted by Crippen LogP contribution is -2.32. The van der Waals surface area contributed by atoms with Crippen molar-refractivity contribution in [2.24, 2.45) is 0 Å². The predicted molar refractivity (Wildman–Crippen MR) is 90.4 cm³/mol. The lowest BCUT2D eigenvalue weighted by Gasteiger charge is -2.15. The zero-order valence-corrected chi connectivity index (χ0v) is 15.8. The van der Waals surface area contributed by atoms with Crippen molar-refractivity contribution in [3.05, 3.63) is 27.1 Å². The second-order valence-corrected chi connectivity index (χ2v) is 8.40. The van der Waals surface area contributed by atoms with Crippen LogP contribution in [0.2, 0.25) is 0 Å². The van der Waals surface area contributed by atoms with E-state index in [0.717, 1.165) is 23.7 Å². The molecule has 6 heteroatoms. The van der Waals surface area contributed by atoms with Gasteiger partial charge in [0.15, 0.2) is 0 Å². The fourth-order valence-electron chi connectivity index (χ4n) is 1.95. The molecule has 1 rings (SSSR count). The third-order valence-electron chi connectivity index (χ3n) is 3.03. The molecule has 0 heterocycles. The van der Waals surface area contributed by atoms with E-state index in [0.29, 0.717) is 4.47 Å². The summed E-state index contributed by atoms with van der Waals surface area (Å²) in [7, 11) is -3.48. The summed E-state index contributed by atoms with van der Waals surface area (Å²) in [6.07, 6.45) is 5.47. The van der Waals surface area contributed by atoms with Crippen LogP contribution in [0.15, 0.2) is 32.0 Å². The van der Waals surface area contributed by atoms with Crippen LogP contribution < -0.4 is 4.72 Å². The normalized spacial score (nSPS) is 13.4. The second kappa shape index (κ2) is 8.51. The molecule has 0 spiro atoms. The van der Waals surface area contributed by atoms with Crippen LogP contribution in [-0.2, 0) is 10.0 Å². The minimum absolute atomic E-state index is 0.0530. The highest BCUT2D eigenvalue weighted by molar-refractivity contribution is 9.11. The monoisotopic (exact) mass is 425 g/mol. The van der Waals surface area contributed by atoms with E-state index in [1.807, 2.05) is 6.92 Å². The first-order chi connectivity index (χ1) is 9.36. The summed E-state index contributed by atoms with van der Waals surface area (Å²) in [6.45, 7) is 4.08. The van der Waals surface area contributed by atoms with Crippen LogP contribution in [0, 0.1) is 0 Å². The molecular formula is C14H21Br2NO2S. The van der Waals surface area contributed by atoms with Gasteiger partial charge in [0.25, 0.3) is 0 Å². The Morgan fingerprint density at radius 3 is 2.55 bits per heavy atom. The summed E-state index contributed by atoms with van der Waals surface area (Å²) in [6, 6.07) is 5.08. The van der Waals surface area contributed by atoms with Crippen LogP contribution in [0.1, 0.15) is 46.0 Å². The molecule has 0 aromatic heterocycles. The highest BCUT2D eigenvalue weighted by Gasteiger charge is 2.20. The smallest absolute Gasteiger partial charge is 0.208 e. The minimum Gasteiger partial charge on any atom is -0.208 e. The number of unbranched alkanes of at least 4 members (excludes halogenated alkanes) is 3. The van der Waals surface area contributed by atoms with Gasteiger partial charge in [0, 0.05) is 15.0 Å². The van der Waals surface area contributed by atoms with E-state index in [2.05, 4.69) is 43.5 Å². The second-order valence-electron chi connectivity index (χ2n) is 4.95. The van der Waals surface area contributed by atoms with Crippen molar-refractivity contribution >= 4 is 41.9 Å². The molecule has 1 aromatic rings. The Morgan fingerprint density at radius 2 is 1.90 bits per heavy atom. The van der Waals surface area contributed by atoms with Gasteiger partial charge in [0.1, 0.15) is 0 Å². The number of halogens is 2. The van der Waals surface area contributed by atoms with Crippen LogP contribution in [-0.4, -0.2) is 14.5 Å². The largest absolute Gasteiger partial charge is 0.241 e. The molecule has 0 saturated carbocycles. The molecule has 0 radical (unpaired) electrons. The zero-order valence-electron chi connectivity index (χ0n) is 11.8. The van der Waals surface area contributed by atoms with Gasteiger partial charge in [0.05, 0.1) is 4.90 Å². The van der Waals surface area contributed by atoms with Crippen LogP contribution >= 0.6 is 31.9 Å². The molecule has 1 N–H and O–H groups in total. The summed E-state index contributed by atoms with van der Waals surface area (Å²) >= 11 is 6.59. The number of nitrogens with one attached hydrogen (secondary N) is 1. The molecule has 1 aromatic carbocycles. The third-order valence-corrected chi connectivity index (χ3v) is 6.11. The number of benzene rings is 1. The molecule has 1 unspecified atom stereocenters. The van der Waals surface area contributed by atoms with Crippen LogP contribution in [0.4, 0.5) is 0 Å². The van der Waals surface area contributed by atoms with E-state index in [4.69, 9.17) is 0 Å². The Hall–Kier alpha value is 0.0900. The van der Waals surface area contributed by atoms with Crippen molar-refractivity contribution in [3.8, 4) is 0 Å². The van der Waals surface area contributed by atoms with E-state index in [-0.39, 0.29) is 10.9 Å². The lowest BCUT2D eigenvalue weighted by atomic mass is 10.1.